The van der Waals surface area contributed by atoms with Gasteiger partial charge in [0.25, 0.3) is 0 Å². The van der Waals surface area contributed by atoms with Crippen LogP contribution in [0.3, 0.4) is 0 Å². The van der Waals surface area contributed by atoms with E-state index in [1.54, 1.807) is 0 Å². The summed E-state index contributed by atoms with van der Waals surface area (Å²) in [5, 5.41) is 0.294. The fraction of sp³-hybridized carbons (Fsp3) is 0.0714. The zero-order valence-corrected chi connectivity index (χ0v) is 12.6. The first-order valence-electron chi connectivity index (χ1n) is 5.89. The number of halogens is 5. The number of fused-ring (bicyclic) bond motifs is 1. The number of benzene rings is 2. The molecule has 1 aromatic heterocycles. The predicted octanol–water partition coefficient (Wildman–Crippen LogP) is 5.35. The van der Waals surface area contributed by atoms with Gasteiger partial charge in [-0.2, -0.15) is 0 Å². The Kier molecular flexibility index (Phi) is 3.78. The SMILES string of the molecule is Fc1cc2c(cc1Cl)nc(CCl)n2-c1cc(Cl)ccc1F. The molecule has 7 heteroatoms. The van der Waals surface area contributed by atoms with Gasteiger partial charge in [0.1, 0.15) is 17.5 Å². The lowest BCUT2D eigenvalue weighted by Gasteiger charge is -2.09. The molecule has 0 bridgehead atoms. The standard InChI is InChI=1S/C14H7Cl3F2N2/c15-6-14-20-11-4-8(17)10(19)5-13(11)21(14)12-3-7(16)1-2-9(12)18/h1-5H,6H2. The molecule has 0 amide bonds. The minimum Gasteiger partial charge on any atom is -0.292 e. The Morgan fingerprint density at radius 1 is 1.05 bits per heavy atom. The van der Waals surface area contributed by atoms with Crippen LogP contribution in [-0.4, -0.2) is 9.55 Å². The molecule has 0 aliphatic rings. The first-order chi connectivity index (χ1) is 10.0. The normalized spacial score (nSPS) is 11.3. The second-order valence-electron chi connectivity index (χ2n) is 4.35. The Labute approximate surface area is 133 Å². The second-order valence-corrected chi connectivity index (χ2v) is 5.46. The lowest BCUT2D eigenvalue weighted by atomic mass is 10.2. The maximum atomic E-state index is 14.1. The van der Waals surface area contributed by atoms with E-state index in [-0.39, 0.29) is 16.6 Å². The molecule has 108 valence electrons. The van der Waals surface area contributed by atoms with Crippen LogP contribution in [0.15, 0.2) is 30.3 Å². The first-order valence-corrected chi connectivity index (χ1v) is 7.18. The molecule has 0 saturated carbocycles. The maximum absolute atomic E-state index is 14.1. The van der Waals surface area contributed by atoms with Gasteiger partial charge in [-0.25, -0.2) is 13.8 Å². The van der Waals surface area contributed by atoms with E-state index < -0.39 is 11.6 Å². The van der Waals surface area contributed by atoms with E-state index in [1.165, 1.54) is 34.9 Å². The van der Waals surface area contributed by atoms with Crippen LogP contribution in [0.1, 0.15) is 5.82 Å². The van der Waals surface area contributed by atoms with E-state index in [2.05, 4.69) is 4.98 Å². The van der Waals surface area contributed by atoms with Crippen molar-refractivity contribution in [2.24, 2.45) is 0 Å². The smallest absolute Gasteiger partial charge is 0.147 e. The van der Waals surface area contributed by atoms with Crippen LogP contribution in [0.25, 0.3) is 16.7 Å². The van der Waals surface area contributed by atoms with Crippen molar-refractivity contribution in [2.75, 3.05) is 0 Å². The Morgan fingerprint density at radius 3 is 2.52 bits per heavy atom. The highest BCUT2D eigenvalue weighted by molar-refractivity contribution is 6.31. The van der Waals surface area contributed by atoms with Gasteiger partial charge in [0.2, 0.25) is 0 Å². The lowest BCUT2D eigenvalue weighted by molar-refractivity contribution is 0.616. The predicted molar refractivity (Wildman–Crippen MR) is 80.6 cm³/mol. The van der Waals surface area contributed by atoms with Crippen molar-refractivity contribution < 1.29 is 8.78 Å². The molecule has 0 spiro atoms. The molecule has 0 fully saturated rings. The topological polar surface area (TPSA) is 17.8 Å². The van der Waals surface area contributed by atoms with Crippen molar-refractivity contribution in [2.45, 2.75) is 5.88 Å². The highest BCUT2D eigenvalue weighted by atomic mass is 35.5. The van der Waals surface area contributed by atoms with Crippen LogP contribution in [0.5, 0.6) is 0 Å². The highest BCUT2D eigenvalue weighted by Crippen LogP contribution is 2.29. The van der Waals surface area contributed by atoms with Gasteiger partial charge in [0.05, 0.1) is 27.6 Å². The number of hydrogen-bond donors (Lipinski definition) is 0. The molecular weight excluding hydrogens is 341 g/mol. The molecule has 0 aliphatic carbocycles. The van der Waals surface area contributed by atoms with E-state index in [0.717, 1.165) is 0 Å². The van der Waals surface area contributed by atoms with Gasteiger partial charge in [-0.15, -0.1) is 11.6 Å². The summed E-state index contributed by atoms with van der Waals surface area (Å²) in [6.07, 6.45) is 0. The molecule has 0 N–H and O–H groups in total. The molecule has 2 aromatic carbocycles. The Morgan fingerprint density at radius 2 is 1.81 bits per heavy atom. The minimum absolute atomic E-state index is 0.0277. The van der Waals surface area contributed by atoms with E-state index in [4.69, 9.17) is 34.8 Å². The average Bonchev–Trinajstić information content (AvgIpc) is 2.79. The van der Waals surface area contributed by atoms with Gasteiger partial charge in [-0.05, 0) is 24.3 Å². The molecule has 0 unspecified atom stereocenters. The molecule has 1 heterocycles. The molecule has 21 heavy (non-hydrogen) atoms. The van der Waals surface area contributed by atoms with Crippen LogP contribution < -0.4 is 0 Å². The van der Waals surface area contributed by atoms with Gasteiger partial charge in [-0.3, -0.25) is 4.57 Å². The zero-order chi connectivity index (χ0) is 15.1. The summed E-state index contributed by atoms with van der Waals surface area (Å²) in [6, 6.07) is 6.66. The van der Waals surface area contributed by atoms with Gasteiger partial charge in [0, 0.05) is 11.1 Å². The molecule has 0 aliphatic heterocycles. The van der Waals surface area contributed by atoms with Crippen molar-refractivity contribution in [1.29, 1.82) is 0 Å². The van der Waals surface area contributed by atoms with Crippen LogP contribution >= 0.6 is 34.8 Å². The monoisotopic (exact) mass is 346 g/mol. The fourth-order valence-electron chi connectivity index (χ4n) is 2.14. The number of alkyl halides is 1. The van der Waals surface area contributed by atoms with Crippen LogP contribution in [0, 0.1) is 11.6 Å². The first kappa shape index (κ1) is 14.6. The van der Waals surface area contributed by atoms with Gasteiger partial charge in [-0.1, -0.05) is 23.2 Å². The third-order valence-electron chi connectivity index (χ3n) is 3.03. The van der Waals surface area contributed by atoms with Crippen molar-refractivity contribution >= 4 is 45.8 Å². The van der Waals surface area contributed by atoms with Crippen molar-refractivity contribution in [1.82, 2.24) is 9.55 Å². The molecule has 3 rings (SSSR count). The summed E-state index contributed by atoms with van der Waals surface area (Å²) in [5.41, 5.74) is 0.951. The Hall–Kier alpha value is -1.36. The summed E-state index contributed by atoms with van der Waals surface area (Å²) in [7, 11) is 0. The summed E-state index contributed by atoms with van der Waals surface area (Å²) in [4.78, 5) is 4.25. The van der Waals surface area contributed by atoms with Crippen LogP contribution in [-0.2, 0) is 5.88 Å². The molecule has 0 radical (unpaired) electrons. The van der Waals surface area contributed by atoms with Crippen molar-refractivity contribution in [3.8, 4) is 5.69 Å². The minimum atomic E-state index is -0.617. The van der Waals surface area contributed by atoms with Crippen LogP contribution in [0.2, 0.25) is 10.0 Å². The number of aromatic nitrogens is 2. The number of nitrogens with zero attached hydrogens (tertiary/aromatic N) is 2. The van der Waals surface area contributed by atoms with Crippen molar-refractivity contribution in [3.63, 3.8) is 0 Å². The molecule has 2 nitrogen and oxygen atoms in total. The molecule has 3 aromatic rings. The van der Waals surface area contributed by atoms with E-state index in [0.29, 0.717) is 21.9 Å². The van der Waals surface area contributed by atoms with Gasteiger partial charge < -0.3 is 0 Å². The maximum Gasteiger partial charge on any atom is 0.147 e. The van der Waals surface area contributed by atoms with Gasteiger partial charge >= 0.3 is 0 Å². The zero-order valence-electron chi connectivity index (χ0n) is 10.4. The summed E-state index contributed by atoms with van der Waals surface area (Å²) in [6.45, 7) is 0. The highest BCUT2D eigenvalue weighted by Gasteiger charge is 2.17. The van der Waals surface area contributed by atoms with E-state index in [1.807, 2.05) is 0 Å². The number of hydrogen-bond acceptors (Lipinski definition) is 1. The van der Waals surface area contributed by atoms with Gasteiger partial charge in [0.15, 0.2) is 0 Å². The summed E-state index contributed by atoms with van der Waals surface area (Å²) < 4.78 is 29.2. The summed E-state index contributed by atoms with van der Waals surface area (Å²) in [5.74, 6) is -0.733. The quantitative estimate of drug-likeness (QED) is 0.571. The van der Waals surface area contributed by atoms with Crippen molar-refractivity contribution in [3.05, 3.63) is 57.8 Å². The fourth-order valence-corrected chi connectivity index (χ4v) is 2.64. The summed E-state index contributed by atoms with van der Waals surface area (Å²) >= 11 is 17.5. The Balaban J connectivity index is 2.40. The Bertz CT molecular complexity index is 846. The number of imidazole rings is 1. The second kappa shape index (κ2) is 5.44. The van der Waals surface area contributed by atoms with E-state index >= 15 is 0 Å². The largest absolute Gasteiger partial charge is 0.292 e. The average molecular weight is 348 g/mol. The molecular formula is C14H7Cl3F2N2. The third kappa shape index (κ3) is 2.48. The third-order valence-corrected chi connectivity index (χ3v) is 3.80. The van der Waals surface area contributed by atoms with Crippen LogP contribution in [0.4, 0.5) is 8.78 Å². The van der Waals surface area contributed by atoms with E-state index in [9.17, 15) is 8.78 Å². The molecule has 0 saturated heterocycles. The number of rotatable bonds is 2. The molecule has 0 atom stereocenters. The lowest BCUT2D eigenvalue weighted by Crippen LogP contribution is -2.02.